The molecule has 0 radical (unpaired) electrons. The van der Waals surface area contributed by atoms with Crippen LogP contribution in [0.15, 0.2) is 23.0 Å². The van der Waals surface area contributed by atoms with E-state index in [4.69, 9.17) is 9.47 Å². The van der Waals surface area contributed by atoms with Gasteiger partial charge in [0.25, 0.3) is 0 Å². The van der Waals surface area contributed by atoms with Crippen LogP contribution in [0.2, 0.25) is 0 Å². The van der Waals surface area contributed by atoms with Gasteiger partial charge in [-0.15, -0.1) is 0 Å². The maximum absolute atomic E-state index is 11.6. The molecule has 0 aliphatic carbocycles. The van der Waals surface area contributed by atoms with E-state index in [2.05, 4.69) is 25.8 Å². The number of H-pyrrole nitrogens is 1. The van der Waals surface area contributed by atoms with Gasteiger partial charge in [0.2, 0.25) is 11.9 Å². The smallest absolute Gasteiger partial charge is 0.349 e. The molecule has 9 nitrogen and oxygen atoms in total. The summed E-state index contributed by atoms with van der Waals surface area (Å²) in [6, 6.07) is 5.07. The second-order valence-corrected chi connectivity index (χ2v) is 4.20. The number of ether oxygens (including phenoxy) is 2. The number of carbonyl (C=O) groups is 1. The van der Waals surface area contributed by atoms with Crippen molar-refractivity contribution < 1.29 is 14.3 Å². The highest BCUT2D eigenvalue weighted by atomic mass is 16.5. The number of anilines is 1. The van der Waals surface area contributed by atoms with Crippen LogP contribution in [0.3, 0.4) is 0 Å². The van der Waals surface area contributed by atoms with Crippen LogP contribution in [-0.4, -0.2) is 35.1 Å². The number of methoxy groups -OCH3 is 2. The molecule has 0 atom stereocenters. The second-order valence-electron chi connectivity index (χ2n) is 4.20. The lowest BCUT2D eigenvalue weighted by atomic mass is 10.2. The summed E-state index contributed by atoms with van der Waals surface area (Å²) in [5.41, 5.74) is 4.74. The average molecular weight is 305 g/mol. The summed E-state index contributed by atoms with van der Waals surface area (Å²) in [5, 5.41) is 0. The number of aromatic amines is 1. The van der Waals surface area contributed by atoms with Crippen molar-refractivity contribution in [2.45, 2.75) is 6.92 Å². The number of nitrogens with zero attached hydrogens (tertiary/aromatic N) is 2. The van der Waals surface area contributed by atoms with E-state index in [-0.39, 0.29) is 17.7 Å². The Kier molecular flexibility index (Phi) is 4.57. The summed E-state index contributed by atoms with van der Waals surface area (Å²) in [7, 11) is 3.04. The van der Waals surface area contributed by atoms with Gasteiger partial charge >= 0.3 is 5.69 Å². The van der Waals surface area contributed by atoms with Crippen molar-refractivity contribution in [1.29, 1.82) is 0 Å². The van der Waals surface area contributed by atoms with E-state index >= 15 is 0 Å². The number of hydrogen-bond acceptors (Lipinski definition) is 7. The first-order valence-corrected chi connectivity index (χ1v) is 6.27. The minimum atomic E-state index is -0.604. The van der Waals surface area contributed by atoms with E-state index in [0.717, 1.165) is 0 Å². The van der Waals surface area contributed by atoms with Gasteiger partial charge in [-0.05, 0) is 18.2 Å². The van der Waals surface area contributed by atoms with Crippen LogP contribution in [0.5, 0.6) is 11.5 Å². The first-order valence-electron chi connectivity index (χ1n) is 6.27. The normalized spacial score (nSPS) is 9.95. The van der Waals surface area contributed by atoms with Crippen LogP contribution < -0.4 is 26.0 Å². The van der Waals surface area contributed by atoms with Crippen LogP contribution in [-0.2, 0) is 4.79 Å². The third-order valence-corrected chi connectivity index (χ3v) is 2.66. The van der Waals surface area contributed by atoms with Gasteiger partial charge < -0.3 is 9.47 Å². The number of carbonyl (C=O) groups excluding carboxylic acids is 1. The van der Waals surface area contributed by atoms with Gasteiger partial charge in [-0.3, -0.25) is 20.6 Å². The molecular weight excluding hydrogens is 290 g/mol. The molecule has 0 saturated carbocycles. The molecule has 116 valence electrons. The number of hydrazine groups is 1. The molecule has 1 heterocycles. The van der Waals surface area contributed by atoms with Crippen molar-refractivity contribution in [3.63, 3.8) is 0 Å². The van der Waals surface area contributed by atoms with Crippen molar-refractivity contribution in [2.75, 3.05) is 19.6 Å². The molecule has 0 aliphatic heterocycles. The lowest BCUT2D eigenvalue weighted by Crippen LogP contribution is -2.29. The minimum absolute atomic E-state index is 0.0243. The van der Waals surface area contributed by atoms with Gasteiger partial charge in [0, 0.05) is 12.5 Å². The predicted octanol–water partition coefficient (Wildman–Crippen LogP) is 0.312. The summed E-state index contributed by atoms with van der Waals surface area (Å²) in [6.07, 6.45) is 0. The number of rotatable bonds is 5. The van der Waals surface area contributed by atoms with Crippen molar-refractivity contribution in [2.24, 2.45) is 0 Å². The minimum Gasteiger partial charge on any atom is -0.493 e. The molecule has 1 aromatic carbocycles. The lowest BCUT2D eigenvalue weighted by Gasteiger charge is -2.10. The third-order valence-electron chi connectivity index (χ3n) is 2.66. The molecule has 0 unspecified atom stereocenters. The molecular formula is C13H15N5O4. The number of aromatic nitrogens is 3. The van der Waals surface area contributed by atoms with Crippen LogP contribution in [0, 0.1) is 0 Å². The summed E-state index contributed by atoms with van der Waals surface area (Å²) in [4.78, 5) is 32.7. The van der Waals surface area contributed by atoms with E-state index < -0.39 is 5.69 Å². The lowest BCUT2D eigenvalue weighted by molar-refractivity contribution is -0.118. The van der Waals surface area contributed by atoms with Gasteiger partial charge in [-0.25, -0.2) is 4.79 Å². The first-order chi connectivity index (χ1) is 10.5. The van der Waals surface area contributed by atoms with E-state index in [0.29, 0.717) is 17.1 Å². The molecule has 1 aromatic heterocycles. The van der Waals surface area contributed by atoms with Gasteiger partial charge in [0.1, 0.15) is 5.82 Å². The Morgan fingerprint density at radius 3 is 2.55 bits per heavy atom. The van der Waals surface area contributed by atoms with Crippen molar-refractivity contribution in [3.8, 4) is 22.9 Å². The standard InChI is InChI=1S/C13H15N5O4/c1-7(19)17-18-12-14-11(15-13(20)16-12)8-4-5-9(21-2)10(6-8)22-3/h4-6H,1-3H3,(H,17,19)(H2,14,15,16,18,20). The van der Waals surface area contributed by atoms with Gasteiger partial charge in [0.05, 0.1) is 14.2 Å². The van der Waals surface area contributed by atoms with Crippen LogP contribution >= 0.6 is 0 Å². The molecule has 0 spiro atoms. The van der Waals surface area contributed by atoms with E-state index in [1.807, 2.05) is 0 Å². The fourth-order valence-corrected chi connectivity index (χ4v) is 1.70. The van der Waals surface area contributed by atoms with Crippen LogP contribution in [0.1, 0.15) is 6.92 Å². The summed E-state index contributed by atoms with van der Waals surface area (Å²) in [6.45, 7) is 1.31. The Morgan fingerprint density at radius 1 is 1.18 bits per heavy atom. The Hall–Kier alpha value is -3.10. The summed E-state index contributed by atoms with van der Waals surface area (Å²) >= 11 is 0. The van der Waals surface area contributed by atoms with Gasteiger partial charge in [0.15, 0.2) is 11.5 Å². The van der Waals surface area contributed by atoms with Crippen molar-refractivity contribution in [3.05, 3.63) is 28.7 Å². The Morgan fingerprint density at radius 2 is 1.91 bits per heavy atom. The first kappa shape index (κ1) is 15.3. The zero-order chi connectivity index (χ0) is 16.1. The fraction of sp³-hybridized carbons (Fsp3) is 0.231. The third kappa shape index (κ3) is 3.51. The monoisotopic (exact) mass is 305 g/mol. The van der Waals surface area contributed by atoms with Crippen molar-refractivity contribution in [1.82, 2.24) is 20.4 Å². The summed E-state index contributed by atoms with van der Waals surface area (Å²) in [5.74, 6) is 0.962. The molecule has 0 saturated heterocycles. The maximum atomic E-state index is 11.6. The zero-order valence-corrected chi connectivity index (χ0v) is 12.3. The number of amides is 1. The quantitative estimate of drug-likeness (QED) is 0.680. The SMILES string of the molecule is COc1ccc(-c2nc(NNC(C)=O)nc(=O)[nH]2)cc1OC. The molecule has 0 aliphatic rings. The Labute approximate surface area is 125 Å². The highest BCUT2D eigenvalue weighted by molar-refractivity contribution is 5.74. The molecule has 1 amide bonds. The van der Waals surface area contributed by atoms with E-state index in [9.17, 15) is 9.59 Å². The Balaban J connectivity index is 2.39. The van der Waals surface area contributed by atoms with Crippen molar-refractivity contribution >= 4 is 11.9 Å². The van der Waals surface area contributed by atoms with Crippen LogP contribution in [0.4, 0.5) is 5.95 Å². The number of hydrogen-bond donors (Lipinski definition) is 3. The largest absolute Gasteiger partial charge is 0.493 e. The second kappa shape index (κ2) is 6.57. The predicted molar refractivity (Wildman–Crippen MR) is 78.6 cm³/mol. The molecule has 0 bridgehead atoms. The summed E-state index contributed by atoms with van der Waals surface area (Å²) < 4.78 is 10.4. The Bertz CT molecular complexity index is 743. The topological polar surface area (TPSA) is 118 Å². The average Bonchev–Trinajstić information content (AvgIpc) is 2.51. The van der Waals surface area contributed by atoms with Gasteiger partial charge in [-0.2, -0.15) is 9.97 Å². The molecule has 9 heteroatoms. The van der Waals surface area contributed by atoms with E-state index in [1.54, 1.807) is 18.2 Å². The highest BCUT2D eigenvalue weighted by Crippen LogP contribution is 2.30. The van der Waals surface area contributed by atoms with Gasteiger partial charge in [-0.1, -0.05) is 0 Å². The molecule has 3 N–H and O–H groups in total. The highest BCUT2D eigenvalue weighted by Gasteiger charge is 2.10. The number of benzene rings is 1. The number of nitrogens with one attached hydrogen (secondary N) is 3. The zero-order valence-electron chi connectivity index (χ0n) is 12.3. The van der Waals surface area contributed by atoms with Crippen LogP contribution in [0.25, 0.3) is 11.4 Å². The fourth-order valence-electron chi connectivity index (χ4n) is 1.70. The maximum Gasteiger partial charge on any atom is 0.349 e. The van der Waals surface area contributed by atoms with E-state index in [1.165, 1.54) is 21.1 Å². The molecule has 2 aromatic rings. The molecule has 0 fully saturated rings. The molecule has 22 heavy (non-hydrogen) atoms. The molecule has 2 rings (SSSR count).